The van der Waals surface area contributed by atoms with Crippen LogP contribution in [0.4, 0.5) is 0 Å². The number of nitriles is 1. The fraction of sp³-hybridized carbons (Fsp3) is 0.214. The van der Waals surface area contributed by atoms with Crippen LogP contribution in [0.1, 0.15) is 26.7 Å². The molecule has 1 atom stereocenters. The van der Waals surface area contributed by atoms with E-state index in [-0.39, 0.29) is 5.78 Å². The average Bonchev–Trinajstić information content (AvgIpc) is 2.95. The Morgan fingerprint density at radius 3 is 2.89 bits per heavy atom. The van der Waals surface area contributed by atoms with Crippen molar-refractivity contribution in [2.45, 2.75) is 12.8 Å². The molecule has 19 heavy (non-hydrogen) atoms. The summed E-state index contributed by atoms with van der Waals surface area (Å²) >= 11 is 1.24. The maximum Gasteiger partial charge on any atom is 0.195 e. The van der Waals surface area contributed by atoms with Crippen LogP contribution < -0.4 is 4.74 Å². The number of Topliss-reactive ketones (excluding diaryl/α,β-unsaturated/α-hetero) is 1. The number of methoxy groups -OCH3 is 1. The molecule has 96 valence electrons. The van der Waals surface area contributed by atoms with Crippen LogP contribution in [0.2, 0.25) is 0 Å². The maximum absolute atomic E-state index is 12.2. The van der Waals surface area contributed by atoms with Crippen LogP contribution >= 0.6 is 11.3 Å². The molecule has 0 aliphatic heterocycles. The number of aryl methyl sites for hydroxylation is 1. The van der Waals surface area contributed by atoms with E-state index in [2.05, 4.69) is 11.1 Å². The molecule has 2 rings (SSSR count). The van der Waals surface area contributed by atoms with Gasteiger partial charge < -0.3 is 4.74 Å². The average molecular weight is 272 g/mol. The van der Waals surface area contributed by atoms with Gasteiger partial charge in [-0.05, 0) is 24.1 Å². The van der Waals surface area contributed by atoms with E-state index in [0.717, 1.165) is 5.56 Å². The maximum atomic E-state index is 12.2. The van der Waals surface area contributed by atoms with Gasteiger partial charge in [0.2, 0.25) is 0 Å². The molecule has 0 spiro atoms. The van der Waals surface area contributed by atoms with Gasteiger partial charge in [0, 0.05) is 6.20 Å². The van der Waals surface area contributed by atoms with E-state index in [1.165, 1.54) is 17.5 Å². The Balaban J connectivity index is 2.38. The van der Waals surface area contributed by atoms with Crippen LogP contribution in [-0.4, -0.2) is 17.9 Å². The number of ether oxygens (including phenoxy) is 1. The minimum absolute atomic E-state index is 0.226. The SMILES string of the molecule is COc1cc(C(C#N)C(=O)c2cncs2)ccc1C. The van der Waals surface area contributed by atoms with Gasteiger partial charge in [0.1, 0.15) is 11.7 Å². The highest BCUT2D eigenvalue weighted by Gasteiger charge is 2.23. The van der Waals surface area contributed by atoms with Crippen LogP contribution in [0.15, 0.2) is 29.9 Å². The number of nitrogens with zero attached hydrogens (tertiary/aromatic N) is 2. The number of thiazole rings is 1. The number of carbonyl (C=O) groups is 1. The molecule has 5 heteroatoms. The van der Waals surface area contributed by atoms with E-state index in [9.17, 15) is 10.1 Å². The molecule has 0 amide bonds. The number of hydrogen-bond acceptors (Lipinski definition) is 5. The van der Waals surface area contributed by atoms with Gasteiger partial charge in [0.25, 0.3) is 0 Å². The van der Waals surface area contributed by atoms with Crippen LogP contribution in [0.3, 0.4) is 0 Å². The van der Waals surface area contributed by atoms with Crippen molar-refractivity contribution in [1.82, 2.24) is 4.98 Å². The van der Waals surface area contributed by atoms with Crippen molar-refractivity contribution in [2.75, 3.05) is 7.11 Å². The van der Waals surface area contributed by atoms with Crippen molar-refractivity contribution in [3.63, 3.8) is 0 Å². The Morgan fingerprint density at radius 2 is 2.32 bits per heavy atom. The smallest absolute Gasteiger partial charge is 0.195 e. The zero-order valence-corrected chi connectivity index (χ0v) is 11.4. The summed E-state index contributed by atoms with van der Waals surface area (Å²) in [5.41, 5.74) is 3.19. The molecular formula is C14H12N2O2S. The van der Waals surface area contributed by atoms with Crippen molar-refractivity contribution < 1.29 is 9.53 Å². The molecule has 0 radical (unpaired) electrons. The molecule has 2 aromatic rings. The van der Waals surface area contributed by atoms with E-state index in [1.54, 1.807) is 24.8 Å². The van der Waals surface area contributed by atoms with Crippen molar-refractivity contribution in [3.8, 4) is 11.8 Å². The lowest BCUT2D eigenvalue weighted by Gasteiger charge is -2.10. The highest BCUT2D eigenvalue weighted by molar-refractivity contribution is 7.11. The van der Waals surface area contributed by atoms with E-state index in [0.29, 0.717) is 16.2 Å². The Morgan fingerprint density at radius 1 is 1.53 bits per heavy atom. The third-order valence-corrected chi connectivity index (χ3v) is 3.62. The summed E-state index contributed by atoms with van der Waals surface area (Å²) in [6.45, 7) is 1.91. The summed E-state index contributed by atoms with van der Waals surface area (Å²) < 4.78 is 5.22. The molecular weight excluding hydrogens is 260 g/mol. The molecule has 0 fully saturated rings. The number of rotatable bonds is 4. The third-order valence-electron chi connectivity index (χ3n) is 2.83. The van der Waals surface area contributed by atoms with Gasteiger partial charge in [-0.2, -0.15) is 5.26 Å². The lowest BCUT2D eigenvalue weighted by Crippen LogP contribution is -2.10. The Bertz CT molecular complexity index is 629. The Kier molecular flexibility index (Phi) is 3.93. The zero-order valence-electron chi connectivity index (χ0n) is 10.6. The number of benzene rings is 1. The molecule has 1 heterocycles. The first-order valence-electron chi connectivity index (χ1n) is 5.64. The van der Waals surface area contributed by atoms with E-state index < -0.39 is 5.92 Å². The van der Waals surface area contributed by atoms with Crippen LogP contribution in [-0.2, 0) is 0 Å². The second kappa shape index (κ2) is 5.63. The highest BCUT2D eigenvalue weighted by atomic mass is 32.1. The molecule has 0 saturated carbocycles. The van der Waals surface area contributed by atoms with Gasteiger partial charge in [0.15, 0.2) is 5.78 Å². The largest absolute Gasteiger partial charge is 0.496 e. The van der Waals surface area contributed by atoms with Crippen molar-refractivity contribution >= 4 is 17.1 Å². The van der Waals surface area contributed by atoms with Crippen LogP contribution in [0.25, 0.3) is 0 Å². The lowest BCUT2D eigenvalue weighted by atomic mass is 9.94. The van der Waals surface area contributed by atoms with Crippen LogP contribution in [0.5, 0.6) is 5.75 Å². The molecule has 0 aliphatic rings. The van der Waals surface area contributed by atoms with Crippen molar-refractivity contribution in [1.29, 1.82) is 5.26 Å². The highest BCUT2D eigenvalue weighted by Crippen LogP contribution is 2.27. The normalized spacial score (nSPS) is 11.6. The first-order chi connectivity index (χ1) is 9.17. The minimum Gasteiger partial charge on any atom is -0.496 e. The number of ketones is 1. The molecule has 4 nitrogen and oxygen atoms in total. The predicted octanol–water partition coefficient (Wildman–Crippen LogP) is 2.95. The summed E-state index contributed by atoms with van der Waals surface area (Å²) in [5, 5.41) is 9.25. The van der Waals surface area contributed by atoms with E-state index in [4.69, 9.17) is 4.74 Å². The second-order valence-electron chi connectivity index (χ2n) is 4.02. The number of aromatic nitrogens is 1. The second-order valence-corrected chi connectivity index (χ2v) is 4.91. The quantitative estimate of drug-likeness (QED) is 0.803. The summed E-state index contributed by atoms with van der Waals surface area (Å²) in [6, 6.07) is 7.42. The standard InChI is InChI=1S/C14H12N2O2S/c1-9-3-4-10(5-12(9)18-2)11(6-15)14(17)13-7-16-8-19-13/h3-5,7-8,11H,1-2H3. The minimum atomic E-state index is -0.824. The zero-order chi connectivity index (χ0) is 13.8. The summed E-state index contributed by atoms with van der Waals surface area (Å²) in [7, 11) is 1.57. The van der Waals surface area contributed by atoms with Crippen LogP contribution in [0, 0.1) is 18.3 Å². The van der Waals surface area contributed by atoms with E-state index >= 15 is 0 Å². The van der Waals surface area contributed by atoms with Gasteiger partial charge in [-0.3, -0.25) is 9.78 Å². The van der Waals surface area contributed by atoms with Gasteiger partial charge in [-0.15, -0.1) is 11.3 Å². The number of hydrogen-bond donors (Lipinski definition) is 0. The molecule has 0 bridgehead atoms. The lowest BCUT2D eigenvalue weighted by molar-refractivity contribution is 0.0982. The molecule has 1 unspecified atom stereocenters. The fourth-order valence-electron chi connectivity index (χ4n) is 1.78. The van der Waals surface area contributed by atoms with E-state index in [1.807, 2.05) is 13.0 Å². The van der Waals surface area contributed by atoms with Crippen molar-refractivity contribution in [3.05, 3.63) is 45.9 Å². The first-order valence-corrected chi connectivity index (χ1v) is 6.52. The monoisotopic (exact) mass is 272 g/mol. The first kappa shape index (κ1) is 13.2. The van der Waals surface area contributed by atoms with Gasteiger partial charge in [0.05, 0.1) is 23.6 Å². The Labute approximate surface area is 115 Å². The Hall–Kier alpha value is -2.19. The molecule has 0 saturated heterocycles. The topological polar surface area (TPSA) is 63.0 Å². The van der Waals surface area contributed by atoms with Gasteiger partial charge >= 0.3 is 0 Å². The summed E-state index contributed by atoms with van der Waals surface area (Å²) in [4.78, 5) is 16.6. The van der Waals surface area contributed by atoms with Gasteiger partial charge in [-0.1, -0.05) is 12.1 Å². The summed E-state index contributed by atoms with van der Waals surface area (Å²) in [6.07, 6.45) is 1.49. The fourth-order valence-corrected chi connectivity index (χ4v) is 2.37. The molecule has 0 N–H and O–H groups in total. The predicted molar refractivity (Wildman–Crippen MR) is 72.5 cm³/mol. The molecule has 1 aromatic carbocycles. The van der Waals surface area contributed by atoms with Gasteiger partial charge in [-0.25, -0.2) is 0 Å². The molecule has 0 aliphatic carbocycles. The third kappa shape index (κ3) is 2.64. The molecule has 1 aromatic heterocycles. The van der Waals surface area contributed by atoms with Crippen molar-refractivity contribution in [2.24, 2.45) is 0 Å². The number of carbonyl (C=O) groups excluding carboxylic acids is 1. The summed E-state index contributed by atoms with van der Waals surface area (Å²) in [5.74, 6) is -0.374.